The zero-order chi connectivity index (χ0) is 11.9. The minimum Gasteiger partial charge on any atom is -0.396 e. The third kappa shape index (κ3) is 3.05. The van der Waals surface area contributed by atoms with Crippen LogP contribution < -0.4 is 0 Å². The second-order valence-corrected chi connectivity index (χ2v) is 3.87. The minimum atomic E-state index is 0.198. The smallest absolute Gasteiger partial charge is 0.0465 e. The SMILES string of the molecule is OCCC=Cc1ccccc1-c1ccccc1. The van der Waals surface area contributed by atoms with Gasteiger partial charge in [0.05, 0.1) is 0 Å². The van der Waals surface area contributed by atoms with Crippen LogP contribution >= 0.6 is 0 Å². The molecule has 0 aliphatic rings. The molecule has 2 aromatic carbocycles. The van der Waals surface area contributed by atoms with Crippen LogP contribution in [-0.2, 0) is 0 Å². The molecule has 0 bridgehead atoms. The van der Waals surface area contributed by atoms with Gasteiger partial charge in [0.25, 0.3) is 0 Å². The van der Waals surface area contributed by atoms with Crippen molar-refractivity contribution in [1.82, 2.24) is 0 Å². The molecule has 0 amide bonds. The Bertz CT molecular complexity index is 486. The average Bonchev–Trinajstić information content (AvgIpc) is 2.41. The molecule has 0 saturated carbocycles. The Labute approximate surface area is 102 Å². The molecular weight excluding hydrogens is 208 g/mol. The molecule has 0 aliphatic carbocycles. The summed E-state index contributed by atoms with van der Waals surface area (Å²) >= 11 is 0. The Balaban J connectivity index is 2.34. The van der Waals surface area contributed by atoms with Gasteiger partial charge in [-0.05, 0) is 23.1 Å². The van der Waals surface area contributed by atoms with Gasteiger partial charge < -0.3 is 5.11 Å². The van der Waals surface area contributed by atoms with Gasteiger partial charge in [0, 0.05) is 6.61 Å². The van der Waals surface area contributed by atoms with Gasteiger partial charge in [0.15, 0.2) is 0 Å². The van der Waals surface area contributed by atoms with E-state index in [1.807, 2.05) is 36.4 Å². The Morgan fingerprint density at radius 3 is 2.35 bits per heavy atom. The third-order valence-electron chi connectivity index (χ3n) is 2.64. The first kappa shape index (κ1) is 11.6. The number of rotatable bonds is 4. The molecule has 0 spiro atoms. The van der Waals surface area contributed by atoms with Crippen molar-refractivity contribution < 1.29 is 5.11 Å². The maximum absolute atomic E-state index is 8.78. The van der Waals surface area contributed by atoms with Crippen molar-refractivity contribution in [3.05, 3.63) is 66.2 Å². The standard InChI is InChI=1S/C16H16O/c17-13-7-6-11-15-10-4-5-12-16(15)14-8-2-1-3-9-14/h1-6,8-12,17H,7,13H2. The summed E-state index contributed by atoms with van der Waals surface area (Å²) in [4.78, 5) is 0. The second kappa shape index (κ2) is 6.02. The van der Waals surface area contributed by atoms with E-state index in [0.29, 0.717) is 6.42 Å². The molecule has 1 nitrogen and oxygen atoms in total. The normalized spacial score (nSPS) is 10.9. The van der Waals surface area contributed by atoms with E-state index >= 15 is 0 Å². The van der Waals surface area contributed by atoms with E-state index in [4.69, 9.17) is 5.11 Å². The highest BCUT2D eigenvalue weighted by molar-refractivity contribution is 5.75. The van der Waals surface area contributed by atoms with E-state index in [0.717, 1.165) is 0 Å². The third-order valence-corrected chi connectivity index (χ3v) is 2.64. The van der Waals surface area contributed by atoms with E-state index in [1.54, 1.807) is 0 Å². The van der Waals surface area contributed by atoms with Gasteiger partial charge in [0.1, 0.15) is 0 Å². The highest BCUT2D eigenvalue weighted by atomic mass is 16.2. The number of benzene rings is 2. The van der Waals surface area contributed by atoms with E-state index < -0.39 is 0 Å². The summed E-state index contributed by atoms with van der Waals surface area (Å²) in [7, 11) is 0. The number of hydrogen-bond donors (Lipinski definition) is 1. The van der Waals surface area contributed by atoms with Gasteiger partial charge in [-0.15, -0.1) is 0 Å². The fraction of sp³-hybridized carbons (Fsp3) is 0.125. The molecular formula is C16H16O. The highest BCUT2D eigenvalue weighted by Crippen LogP contribution is 2.24. The lowest BCUT2D eigenvalue weighted by Crippen LogP contribution is -1.83. The van der Waals surface area contributed by atoms with Crippen molar-refractivity contribution in [2.45, 2.75) is 6.42 Å². The quantitative estimate of drug-likeness (QED) is 0.838. The van der Waals surface area contributed by atoms with Crippen LogP contribution in [0, 0.1) is 0 Å². The molecule has 0 aliphatic heterocycles. The van der Waals surface area contributed by atoms with Gasteiger partial charge in [-0.1, -0.05) is 66.7 Å². The Morgan fingerprint density at radius 1 is 0.882 bits per heavy atom. The van der Waals surface area contributed by atoms with Crippen molar-refractivity contribution >= 4 is 6.08 Å². The fourth-order valence-electron chi connectivity index (χ4n) is 1.81. The van der Waals surface area contributed by atoms with E-state index in [-0.39, 0.29) is 6.61 Å². The van der Waals surface area contributed by atoms with E-state index in [9.17, 15) is 0 Å². The lowest BCUT2D eigenvalue weighted by Gasteiger charge is -2.05. The predicted octanol–water partition coefficient (Wildman–Crippen LogP) is 3.75. The van der Waals surface area contributed by atoms with E-state index in [2.05, 4.69) is 30.3 Å². The van der Waals surface area contributed by atoms with Crippen LogP contribution in [0.25, 0.3) is 17.2 Å². The Kier molecular flexibility index (Phi) is 4.11. The molecule has 0 fully saturated rings. The highest BCUT2D eigenvalue weighted by Gasteiger charge is 2.00. The van der Waals surface area contributed by atoms with Gasteiger partial charge in [0.2, 0.25) is 0 Å². The van der Waals surface area contributed by atoms with Crippen LogP contribution in [0.15, 0.2) is 60.7 Å². The predicted molar refractivity (Wildman–Crippen MR) is 72.6 cm³/mol. The topological polar surface area (TPSA) is 20.2 Å². The number of hydrogen-bond acceptors (Lipinski definition) is 1. The van der Waals surface area contributed by atoms with Gasteiger partial charge in [-0.3, -0.25) is 0 Å². The number of aliphatic hydroxyl groups excluding tert-OH is 1. The van der Waals surface area contributed by atoms with E-state index in [1.165, 1.54) is 16.7 Å². The van der Waals surface area contributed by atoms with Crippen LogP contribution in [0.2, 0.25) is 0 Å². The average molecular weight is 224 g/mol. The molecule has 1 heteroatoms. The molecule has 0 atom stereocenters. The first-order valence-corrected chi connectivity index (χ1v) is 5.83. The number of aliphatic hydroxyl groups is 1. The lowest BCUT2D eigenvalue weighted by atomic mass is 9.99. The molecule has 0 saturated heterocycles. The largest absolute Gasteiger partial charge is 0.396 e. The van der Waals surface area contributed by atoms with Crippen molar-refractivity contribution in [3.63, 3.8) is 0 Å². The van der Waals surface area contributed by atoms with Crippen molar-refractivity contribution in [2.24, 2.45) is 0 Å². The summed E-state index contributed by atoms with van der Waals surface area (Å²) in [5.74, 6) is 0. The first-order valence-electron chi connectivity index (χ1n) is 5.83. The second-order valence-electron chi connectivity index (χ2n) is 3.87. The molecule has 86 valence electrons. The molecule has 17 heavy (non-hydrogen) atoms. The minimum absolute atomic E-state index is 0.198. The summed E-state index contributed by atoms with van der Waals surface area (Å²) in [6.07, 6.45) is 4.77. The summed E-state index contributed by atoms with van der Waals surface area (Å²) in [5.41, 5.74) is 3.63. The van der Waals surface area contributed by atoms with Crippen LogP contribution in [0.3, 0.4) is 0 Å². The Hall–Kier alpha value is -1.86. The van der Waals surface area contributed by atoms with Gasteiger partial charge in [-0.25, -0.2) is 0 Å². The summed E-state index contributed by atoms with van der Waals surface area (Å²) < 4.78 is 0. The van der Waals surface area contributed by atoms with Crippen molar-refractivity contribution in [2.75, 3.05) is 6.61 Å². The zero-order valence-electron chi connectivity index (χ0n) is 9.71. The van der Waals surface area contributed by atoms with Gasteiger partial charge in [-0.2, -0.15) is 0 Å². The van der Waals surface area contributed by atoms with Crippen LogP contribution in [0.1, 0.15) is 12.0 Å². The van der Waals surface area contributed by atoms with Crippen LogP contribution in [0.4, 0.5) is 0 Å². The molecule has 2 rings (SSSR count). The van der Waals surface area contributed by atoms with Gasteiger partial charge >= 0.3 is 0 Å². The maximum atomic E-state index is 8.78. The summed E-state index contributed by atoms with van der Waals surface area (Å²) in [5, 5.41) is 8.78. The molecule has 0 heterocycles. The molecule has 1 N–H and O–H groups in total. The molecule has 0 unspecified atom stereocenters. The molecule has 2 aromatic rings. The summed E-state index contributed by atoms with van der Waals surface area (Å²) in [6.45, 7) is 0.198. The fourth-order valence-corrected chi connectivity index (χ4v) is 1.81. The van der Waals surface area contributed by atoms with Crippen molar-refractivity contribution in [1.29, 1.82) is 0 Å². The monoisotopic (exact) mass is 224 g/mol. The van der Waals surface area contributed by atoms with Crippen LogP contribution in [0.5, 0.6) is 0 Å². The molecule has 0 radical (unpaired) electrons. The first-order chi connectivity index (χ1) is 8.42. The Morgan fingerprint density at radius 2 is 1.59 bits per heavy atom. The molecule has 0 aromatic heterocycles. The van der Waals surface area contributed by atoms with Crippen molar-refractivity contribution in [3.8, 4) is 11.1 Å². The summed E-state index contributed by atoms with van der Waals surface area (Å²) in [6, 6.07) is 18.6. The lowest BCUT2D eigenvalue weighted by molar-refractivity contribution is 0.303. The maximum Gasteiger partial charge on any atom is 0.0465 e. The van der Waals surface area contributed by atoms with Crippen LogP contribution in [-0.4, -0.2) is 11.7 Å². The zero-order valence-corrected chi connectivity index (χ0v) is 9.71.